The summed E-state index contributed by atoms with van der Waals surface area (Å²) in [7, 11) is 0. The largest absolute Gasteiger partial charge is 0.481 e. The maximum Gasteiger partial charge on any atom is 0.303 e. The summed E-state index contributed by atoms with van der Waals surface area (Å²) in [4.78, 5) is 17.6. The second kappa shape index (κ2) is 14.4. The van der Waals surface area contributed by atoms with Gasteiger partial charge in [0.05, 0.1) is 25.4 Å². The van der Waals surface area contributed by atoms with Gasteiger partial charge in [0.2, 0.25) is 0 Å². The number of carboxylic acid groups (broad SMARTS) is 1. The molecule has 6 heteroatoms. The standard InChI is InChI=1S/C31H42N2O4/c1-2-25-22-32-18-17-27(25)26-13-11-24(12-14-26)23-37-29-16-15-28(33-19-7-3-4-8-20-33)31(29)36-21-9-5-6-10-30(34)35/h5,9,11-14,17-18,22,28-29,31H,2-4,6-8,10,15-16,19-21,23H2,1H3,(H,34,35)/b9-5-/t28-,29+,31+/m0/s1. The SMILES string of the molecule is CCc1cnccc1-c1ccc(CO[C@@H]2CC[C@H](N3CCCCCC3)[C@H]2OC/C=C\CCC(=O)O)cc1. The molecule has 4 rings (SSSR count). The number of likely N-dealkylation sites (tertiary alicyclic amines) is 1. The minimum atomic E-state index is -0.768. The number of allylic oxidation sites excluding steroid dienone is 1. The highest BCUT2D eigenvalue weighted by Crippen LogP contribution is 2.32. The maximum atomic E-state index is 10.7. The van der Waals surface area contributed by atoms with E-state index in [9.17, 15) is 4.79 Å². The molecule has 2 fully saturated rings. The molecule has 2 heterocycles. The molecule has 0 amide bonds. The highest BCUT2D eigenvalue weighted by atomic mass is 16.5. The summed E-state index contributed by atoms with van der Waals surface area (Å²) < 4.78 is 12.9. The van der Waals surface area contributed by atoms with Crippen molar-refractivity contribution in [3.05, 3.63) is 66.0 Å². The number of aromatic nitrogens is 1. The third kappa shape index (κ3) is 7.97. The van der Waals surface area contributed by atoms with Gasteiger partial charge in [-0.3, -0.25) is 14.7 Å². The Balaban J connectivity index is 1.37. The van der Waals surface area contributed by atoms with Gasteiger partial charge in [0.15, 0.2) is 0 Å². The molecule has 1 aliphatic heterocycles. The lowest BCUT2D eigenvalue weighted by atomic mass is 9.99. The average molecular weight is 507 g/mol. The molecule has 1 aromatic heterocycles. The van der Waals surface area contributed by atoms with E-state index in [0.29, 0.717) is 25.7 Å². The number of aryl methyl sites for hydroxylation is 1. The molecule has 6 nitrogen and oxygen atoms in total. The fourth-order valence-electron chi connectivity index (χ4n) is 5.66. The molecule has 1 N–H and O–H groups in total. The van der Waals surface area contributed by atoms with Crippen LogP contribution in [0.5, 0.6) is 0 Å². The van der Waals surface area contributed by atoms with E-state index < -0.39 is 5.97 Å². The molecular formula is C31H42N2O4. The summed E-state index contributed by atoms with van der Waals surface area (Å²) in [6.07, 6.45) is 16.7. The minimum Gasteiger partial charge on any atom is -0.481 e. The van der Waals surface area contributed by atoms with Crippen LogP contribution in [-0.2, 0) is 27.3 Å². The highest BCUT2D eigenvalue weighted by molar-refractivity contribution is 5.67. The minimum absolute atomic E-state index is 0.0328. The quantitative estimate of drug-likeness (QED) is 0.354. The third-order valence-corrected chi connectivity index (χ3v) is 7.69. The van der Waals surface area contributed by atoms with Gasteiger partial charge in [0.1, 0.15) is 0 Å². The van der Waals surface area contributed by atoms with Crippen LogP contribution in [0.4, 0.5) is 0 Å². The molecule has 1 aromatic carbocycles. The molecule has 0 unspecified atom stereocenters. The lowest BCUT2D eigenvalue weighted by molar-refractivity contribution is -0.136. The summed E-state index contributed by atoms with van der Waals surface area (Å²) in [5.41, 5.74) is 4.88. The van der Waals surface area contributed by atoms with Crippen LogP contribution >= 0.6 is 0 Å². The van der Waals surface area contributed by atoms with Crippen LogP contribution in [0.1, 0.15) is 69.4 Å². The van der Waals surface area contributed by atoms with E-state index in [1.807, 2.05) is 24.5 Å². The van der Waals surface area contributed by atoms with E-state index in [2.05, 4.69) is 47.1 Å². The monoisotopic (exact) mass is 506 g/mol. The second-order valence-electron chi connectivity index (χ2n) is 10.2. The van der Waals surface area contributed by atoms with Crippen molar-refractivity contribution in [2.75, 3.05) is 19.7 Å². The van der Waals surface area contributed by atoms with Crippen LogP contribution in [0.25, 0.3) is 11.1 Å². The predicted molar refractivity (Wildman–Crippen MR) is 146 cm³/mol. The molecule has 1 saturated carbocycles. The number of nitrogens with zero attached hydrogens (tertiary/aromatic N) is 2. The van der Waals surface area contributed by atoms with Crippen molar-refractivity contribution < 1.29 is 19.4 Å². The van der Waals surface area contributed by atoms with Gasteiger partial charge in [-0.05, 0) is 79.9 Å². The number of aliphatic carboxylic acids is 1. The highest BCUT2D eigenvalue weighted by Gasteiger charge is 2.40. The zero-order valence-corrected chi connectivity index (χ0v) is 22.2. The summed E-state index contributed by atoms with van der Waals surface area (Å²) in [5.74, 6) is -0.768. The molecule has 2 aromatic rings. The van der Waals surface area contributed by atoms with Crippen LogP contribution in [-0.4, -0.2) is 58.9 Å². The van der Waals surface area contributed by atoms with Gasteiger partial charge in [-0.2, -0.15) is 0 Å². The summed E-state index contributed by atoms with van der Waals surface area (Å²) in [5, 5.41) is 8.84. The van der Waals surface area contributed by atoms with Gasteiger partial charge in [0.25, 0.3) is 0 Å². The smallest absolute Gasteiger partial charge is 0.303 e. The molecular weight excluding hydrogens is 464 g/mol. The van der Waals surface area contributed by atoms with Crippen molar-refractivity contribution in [3.63, 3.8) is 0 Å². The number of hydrogen-bond acceptors (Lipinski definition) is 5. The van der Waals surface area contributed by atoms with Gasteiger partial charge in [-0.1, -0.05) is 56.2 Å². The third-order valence-electron chi connectivity index (χ3n) is 7.69. The first-order chi connectivity index (χ1) is 18.2. The lowest BCUT2D eigenvalue weighted by Gasteiger charge is -2.33. The van der Waals surface area contributed by atoms with Crippen molar-refractivity contribution in [2.24, 2.45) is 0 Å². The Hall–Kier alpha value is -2.54. The van der Waals surface area contributed by atoms with Gasteiger partial charge in [-0.25, -0.2) is 0 Å². The number of ether oxygens (including phenoxy) is 2. The number of pyridine rings is 1. The normalized spacial score (nSPS) is 22.9. The zero-order chi connectivity index (χ0) is 25.9. The zero-order valence-electron chi connectivity index (χ0n) is 22.2. The molecule has 3 atom stereocenters. The number of benzene rings is 1. The average Bonchev–Trinajstić information content (AvgIpc) is 3.12. The Labute approximate surface area is 221 Å². The van der Waals surface area contributed by atoms with E-state index in [0.717, 1.165) is 32.4 Å². The van der Waals surface area contributed by atoms with Crippen molar-refractivity contribution in [3.8, 4) is 11.1 Å². The van der Waals surface area contributed by atoms with E-state index in [-0.39, 0.29) is 18.6 Å². The van der Waals surface area contributed by atoms with Gasteiger partial charge < -0.3 is 14.6 Å². The van der Waals surface area contributed by atoms with E-state index in [4.69, 9.17) is 14.6 Å². The molecule has 37 heavy (non-hydrogen) atoms. The summed E-state index contributed by atoms with van der Waals surface area (Å²) in [6, 6.07) is 11.2. The van der Waals surface area contributed by atoms with Crippen LogP contribution in [0.3, 0.4) is 0 Å². The van der Waals surface area contributed by atoms with Crippen LogP contribution in [0.2, 0.25) is 0 Å². The topological polar surface area (TPSA) is 71.9 Å². The van der Waals surface area contributed by atoms with Crippen LogP contribution < -0.4 is 0 Å². The Bertz CT molecular complexity index is 999. The first-order valence-electron chi connectivity index (χ1n) is 14.0. The Morgan fingerprint density at radius 1 is 1.05 bits per heavy atom. The van der Waals surface area contributed by atoms with E-state index in [1.165, 1.54) is 47.9 Å². The van der Waals surface area contributed by atoms with Crippen molar-refractivity contribution in [2.45, 2.75) is 89.6 Å². The second-order valence-corrected chi connectivity index (χ2v) is 10.2. The molecule has 2 aliphatic rings. The Morgan fingerprint density at radius 2 is 1.84 bits per heavy atom. The Kier molecular flexibility index (Phi) is 10.7. The van der Waals surface area contributed by atoms with Crippen molar-refractivity contribution in [1.82, 2.24) is 9.88 Å². The molecule has 200 valence electrons. The molecule has 0 radical (unpaired) electrons. The number of rotatable bonds is 12. The van der Waals surface area contributed by atoms with Gasteiger partial charge in [-0.15, -0.1) is 0 Å². The lowest BCUT2D eigenvalue weighted by Crippen LogP contribution is -2.45. The molecule has 0 bridgehead atoms. The molecule has 1 saturated heterocycles. The Morgan fingerprint density at radius 3 is 2.57 bits per heavy atom. The van der Waals surface area contributed by atoms with E-state index in [1.54, 1.807) is 0 Å². The van der Waals surface area contributed by atoms with Crippen molar-refractivity contribution >= 4 is 5.97 Å². The number of hydrogen-bond donors (Lipinski definition) is 1. The van der Waals surface area contributed by atoms with Crippen molar-refractivity contribution in [1.29, 1.82) is 0 Å². The fraction of sp³-hybridized carbons (Fsp3) is 0.548. The van der Waals surface area contributed by atoms with Gasteiger partial charge in [0, 0.05) is 24.9 Å². The van der Waals surface area contributed by atoms with E-state index >= 15 is 0 Å². The number of carbonyl (C=O) groups is 1. The summed E-state index contributed by atoms with van der Waals surface area (Å²) in [6.45, 7) is 5.51. The van der Waals surface area contributed by atoms with Gasteiger partial charge >= 0.3 is 5.97 Å². The molecule has 0 spiro atoms. The van der Waals surface area contributed by atoms with Crippen LogP contribution in [0, 0.1) is 0 Å². The first-order valence-corrected chi connectivity index (χ1v) is 14.0. The first kappa shape index (κ1) is 27.5. The maximum absolute atomic E-state index is 10.7. The summed E-state index contributed by atoms with van der Waals surface area (Å²) >= 11 is 0. The number of carboxylic acids is 1. The molecule has 1 aliphatic carbocycles. The van der Waals surface area contributed by atoms with Crippen LogP contribution in [0.15, 0.2) is 54.9 Å². The fourth-order valence-corrected chi connectivity index (χ4v) is 5.66. The predicted octanol–water partition coefficient (Wildman–Crippen LogP) is 6.04.